The van der Waals surface area contributed by atoms with Gasteiger partial charge in [-0.1, -0.05) is 19.3 Å². The summed E-state index contributed by atoms with van der Waals surface area (Å²) in [6.45, 7) is 0.611. The van der Waals surface area contributed by atoms with E-state index in [-0.39, 0.29) is 12.3 Å². The molecule has 2 atom stereocenters. The molecule has 1 aliphatic rings. The molecular weight excluding hydrogens is 284 g/mol. The second-order valence-electron chi connectivity index (χ2n) is 5.99. The SMILES string of the molecule is O=[N+]([O-])c1ccc(C(O)C(CO)NCC2CCCCC2)cc1. The minimum absolute atomic E-state index is 0.00772. The lowest BCUT2D eigenvalue weighted by Gasteiger charge is -2.27. The minimum Gasteiger partial charge on any atom is -0.395 e. The quantitative estimate of drug-likeness (QED) is 0.530. The van der Waals surface area contributed by atoms with Gasteiger partial charge in [-0.25, -0.2) is 0 Å². The van der Waals surface area contributed by atoms with Crippen LogP contribution in [0.15, 0.2) is 24.3 Å². The predicted octanol–water partition coefficient (Wildman–Crippen LogP) is 2.16. The summed E-state index contributed by atoms with van der Waals surface area (Å²) in [6, 6.07) is 5.35. The summed E-state index contributed by atoms with van der Waals surface area (Å²) < 4.78 is 0. The molecule has 2 unspecified atom stereocenters. The van der Waals surface area contributed by atoms with Crippen LogP contribution in [0.1, 0.15) is 43.8 Å². The van der Waals surface area contributed by atoms with E-state index in [4.69, 9.17) is 0 Å². The Morgan fingerprint density at radius 2 is 1.86 bits per heavy atom. The highest BCUT2D eigenvalue weighted by Crippen LogP contribution is 2.24. The lowest BCUT2D eigenvalue weighted by atomic mass is 9.89. The molecule has 1 aliphatic carbocycles. The molecule has 0 aromatic heterocycles. The molecule has 1 fully saturated rings. The Labute approximate surface area is 130 Å². The number of hydrogen-bond acceptors (Lipinski definition) is 5. The van der Waals surface area contributed by atoms with Gasteiger partial charge in [0, 0.05) is 12.1 Å². The lowest BCUT2D eigenvalue weighted by molar-refractivity contribution is -0.384. The molecule has 1 saturated carbocycles. The van der Waals surface area contributed by atoms with Crippen molar-refractivity contribution < 1.29 is 15.1 Å². The molecule has 0 spiro atoms. The topological polar surface area (TPSA) is 95.6 Å². The van der Waals surface area contributed by atoms with E-state index in [0.717, 1.165) is 6.54 Å². The van der Waals surface area contributed by atoms with Crippen LogP contribution in [0.2, 0.25) is 0 Å². The monoisotopic (exact) mass is 308 g/mol. The maximum Gasteiger partial charge on any atom is 0.269 e. The van der Waals surface area contributed by atoms with E-state index in [1.54, 1.807) is 0 Å². The molecule has 0 heterocycles. The number of nitrogens with one attached hydrogen (secondary N) is 1. The Kier molecular flexibility index (Phi) is 6.30. The van der Waals surface area contributed by atoms with Crippen LogP contribution < -0.4 is 5.32 Å². The lowest BCUT2D eigenvalue weighted by Crippen LogP contribution is -2.41. The molecule has 0 saturated heterocycles. The molecule has 3 N–H and O–H groups in total. The summed E-state index contributed by atoms with van der Waals surface area (Å²) in [5, 5.41) is 33.7. The maximum absolute atomic E-state index is 10.6. The zero-order valence-electron chi connectivity index (χ0n) is 12.6. The molecule has 6 heteroatoms. The van der Waals surface area contributed by atoms with Crippen molar-refractivity contribution in [3.63, 3.8) is 0 Å². The fraction of sp³-hybridized carbons (Fsp3) is 0.625. The van der Waals surface area contributed by atoms with Crippen LogP contribution in [-0.2, 0) is 0 Å². The first-order valence-corrected chi connectivity index (χ1v) is 7.88. The molecule has 22 heavy (non-hydrogen) atoms. The Hall–Kier alpha value is -1.50. The first-order valence-electron chi connectivity index (χ1n) is 7.88. The van der Waals surface area contributed by atoms with Crippen LogP contribution in [0.4, 0.5) is 5.69 Å². The van der Waals surface area contributed by atoms with E-state index < -0.39 is 17.1 Å². The van der Waals surface area contributed by atoms with E-state index in [1.807, 2.05) is 0 Å². The van der Waals surface area contributed by atoms with Crippen LogP contribution >= 0.6 is 0 Å². The van der Waals surface area contributed by atoms with Gasteiger partial charge in [0.1, 0.15) is 0 Å². The Balaban J connectivity index is 1.92. The standard InChI is InChI=1S/C16H24N2O4/c19-11-15(17-10-12-4-2-1-3-5-12)16(20)13-6-8-14(9-7-13)18(21)22/h6-9,12,15-17,19-20H,1-5,10-11H2. The maximum atomic E-state index is 10.6. The van der Waals surface area contributed by atoms with E-state index in [1.165, 1.54) is 56.4 Å². The number of aliphatic hydroxyl groups is 2. The zero-order chi connectivity index (χ0) is 15.9. The predicted molar refractivity (Wildman–Crippen MR) is 83.5 cm³/mol. The minimum atomic E-state index is -0.880. The number of rotatable bonds is 7. The average molecular weight is 308 g/mol. The van der Waals surface area contributed by atoms with E-state index >= 15 is 0 Å². The summed E-state index contributed by atoms with van der Waals surface area (Å²) in [7, 11) is 0. The number of non-ortho nitro benzene ring substituents is 1. The molecular formula is C16H24N2O4. The van der Waals surface area contributed by atoms with Gasteiger partial charge in [-0.3, -0.25) is 10.1 Å². The Morgan fingerprint density at radius 1 is 1.23 bits per heavy atom. The van der Waals surface area contributed by atoms with Gasteiger partial charge in [0.15, 0.2) is 0 Å². The van der Waals surface area contributed by atoms with Crippen molar-refractivity contribution in [1.29, 1.82) is 0 Å². The van der Waals surface area contributed by atoms with Gasteiger partial charge >= 0.3 is 0 Å². The van der Waals surface area contributed by atoms with E-state index in [2.05, 4.69) is 5.32 Å². The molecule has 2 rings (SSSR count). The van der Waals surface area contributed by atoms with Gasteiger partial charge in [-0.05, 0) is 43.0 Å². The smallest absolute Gasteiger partial charge is 0.269 e. The number of hydrogen-bond donors (Lipinski definition) is 3. The number of aliphatic hydroxyl groups excluding tert-OH is 2. The zero-order valence-corrected chi connectivity index (χ0v) is 12.6. The second-order valence-corrected chi connectivity index (χ2v) is 5.99. The van der Waals surface area contributed by atoms with Crippen LogP contribution in [-0.4, -0.2) is 34.3 Å². The fourth-order valence-electron chi connectivity index (χ4n) is 3.01. The third-order valence-electron chi connectivity index (χ3n) is 4.42. The second kappa shape index (κ2) is 8.22. The summed E-state index contributed by atoms with van der Waals surface area (Å²) in [4.78, 5) is 10.2. The van der Waals surface area contributed by atoms with E-state index in [9.17, 15) is 20.3 Å². The number of nitro benzene ring substituents is 1. The van der Waals surface area contributed by atoms with Crippen molar-refractivity contribution in [1.82, 2.24) is 5.32 Å². The fourth-order valence-corrected chi connectivity index (χ4v) is 3.01. The van der Waals surface area contributed by atoms with Gasteiger partial charge in [0.05, 0.1) is 23.7 Å². The molecule has 1 aromatic carbocycles. The molecule has 0 bridgehead atoms. The van der Waals surface area contributed by atoms with Gasteiger partial charge in [-0.15, -0.1) is 0 Å². The van der Waals surface area contributed by atoms with Gasteiger partial charge in [0.2, 0.25) is 0 Å². The summed E-state index contributed by atoms with van der Waals surface area (Å²) in [5.74, 6) is 0.604. The molecule has 6 nitrogen and oxygen atoms in total. The highest BCUT2D eigenvalue weighted by atomic mass is 16.6. The normalized spacial score (nSPS) is 18.8. The van der Waals surface area contributed by atoms with Gasteiger partial charge in [0.25, 0.3) is 5.69 Å². The first kappa shape index (κ1) is 16.9. The van der Waals surface area contributed by atoms with Crippen molar-refractivity contribution in [3.8, 4) is 0 Å². The number of nitrogens with zero attached hydrogens (tertiary/aromatic N) is 1. The highest BCUT2D eigenvalue weighted by Gasteiger charge is 2.22. The van der Waals surface area contributed by atoms with Crippen molar-refractivity contribution in [2.75, 3.05) is 13.2 Å². The van der Waals surface area contributed by atoms with Crippen LogP contribution in [0.3, 0.4) is 0 Å². The number of benzene rings is 1. The molecule has 0 radical (unpaired) electrons. The van der Waals surface area contributed by atoms with Crippen molar-refractivity contribution in [2.45, 2.75) is 44.2 Å². The Morgan fingerprint density at radius 3 is 2.41 bits per heavy atom. The summed E-state index contributed by atoms with van der Waals surface area (Å²) in [6.07, 6.45) is 5.31. The summed E-state index contributed by atoms with van der Waals surface area (Å²) in [5.41, 5.74) is 0.562. The van der Waals surface area contributed by atoms with Crippen LogP contribution in [0.25, 0.3) is 0 Å². The van der Waals surface area contributed by atoms with E-state index in [0.29, 0.717) is 11.5 Å². The molecule has 0 aliphatic heterocycles. The van der Waals surface area contributed by atoms with Crippen molar-refractivity contribution in [2.24, 2.45) is 5.92 Å². The molecule has 122 valence electrons. The van der Waals surface area contributed by atoms with Crippen molar-refractivity contribution >= 4 is 5.69 Å². The van der Waals surface area contributed by atoms with Crippen LogP contribution in [0.5, 0.6) is 0 Å². The third-order valence-corrected chi connectivity index (χ3v) is 4.42. The largest absolute Gasteiger partial charge is 0.395 e. The third kappa shape index (κ3) is 4.50. The Bertz CT molecular complexity index is 472. The molecule has 1 aromatic rings. The first-order chi connectivity index (χ1) is 10.6. The molecule has 0 amide bonds. The van der Waals surface area contributed by atoms with Crippen LogP contribution in [0, 0.1) is 16.0 Å². The average Bonchev–Trinajstić information content (AvgIpc) is 2.56. The van der Waals surface area contributed by atoms with Gasteiger partial charge < -0.3 is 15.5 Å². The number of nitro groups is 1. The highest BCUT2D eigenvalue weighted by molar-refractivity contribution is 5.34. The summed E-state index contributed by atoms with van der Waals surface area (Å²) >= 11 is 0. The van der Waals surface area contributed by atoms with Crippen molar-refractivity contribution in [3.05, 3.63) is 39.9 Å². The van der Waals surface area contributed by atoms with Gasteiger partial charge in [-0.2, -0.15) is 0 Å².